The maximum Gasteiger partial charge on any atom is 0.236 e. The molecule has 1 amide bonds. The van der Waals surface area contributed by atoms with Crippen molar-refractivity contribution in [3.8, 4) is 0 Å². The van der Waals surface area contributed by atoms with Crippen molar-refractivity contribution < 1.29 is 4.79 Å². The number of piperidine rings is 1. The van der Waals surface area contributed by atoms with Gasteiger partial charge in [0.05, 0.1) is 6.54 Å². The molecule has 0 aliphatic carbocycles. The van der Waals surface area contributed by atoms with Gasteiger partial charge in [-0.15, -0.1) is 0 Å². The number of carbonyl (C=O) groups excluding carboxylic acids is 1. The average Bonchev–Trinajstić information content (AvgIpc) is 2.48. The molecule has 1 heterocycles. The molecule has 0 radical (unpaired) electrons. The Balaban J connectivity index is 1.74. The Morgan fingerprint density at radius 3 is 2.55 bits per heavy atom. The minimum absolute atomic E-state index is 0.0843. The first-order valence-corrected chi connectivity index (χ1v) is 7.39. The molecule has 1 aliphatic heterocycles. The SMILES string of the molecule is CN(Cc1ccccc1)CC1CCN(C(=O)CN)CC1. The third-order valence-electron chi connectivity index (χ3n) is 4.01. The number of benzene rings is 1. The Morgan fingerprint density at radius 1 is 1.30 bits per heavy atom. The van der Waals surface area contributed by atoms with Gasteiger partial charge in [-0.2, -0.15) is 0 Å². The monoisotopic (exact) mass is 275 g/mol. The zero-order chi connectivity index (χ0) is 14.4. The Kier molecular flexibility index (Phi) is 5.56. The third kappa shape index (κ3) is 4.32. The van der Waals surface area contributed by atoms with E-state index in [2.05, 4.69) is 36.2 Å². The van der Waals surface area contributed by atoms with Crippen LogP contribution in [0.25, 0.3) is 0 Å². The molecule has 2 rings (SSSR count). The summed E-state index contributed by atoms with van der Waals surface area (Å²) in [5.41, 5.74) is 6.76. The Morgan fingerprint density at radius 2 is 1.95 bits per heavy atom. The number of nitrogens with two attached hydrogens (primary N) is 1. The zero-order valence-electron chi connectivity index (χ0n) is 12.3. The summed E-state index contributed by atoms with van der Waals surface area (Å²) < 4.78 is 0. The summed E-state index contributed by atoms with van der Waals surface area (Å²) >= 11 is 0. The van der Waals surface area contributed by atoms with Crippen molar-refractivity contribution in [3.63, 3.8) is 0 Å². The van der Waals surface area contributed by atoms with Gasteiger partial charge in [0.25, 0.3) is 0 Å². The lowest BCUT2D eigenvalue weighted by Crippen LogP contribution is -2.43. The second-order valence-corrected chi connectivity index (χ2v) is 5.71. The molecule has 20 heavy (non-hydrogen) atoms. The summed E-state index contributed by atoms with van der Waals surface area (Å²) in [5.74, 6) is 0.770. The molecule has 0 spiro atoms. The van der Waals surface area contributed by atoms with Crippen LogP contribution in [0.5, 0.6) is 0 Å². The van der Waals surface area contributed by atoms with Gasteiger partial charge < -0.3 is 15.5 Å². The molecule has 0 aromatic heterocycles. The van der Waals surface area contributed by atoms with Crippen molar-refractivity contribution >= 4 is 5.91 Å². The fourth-order valence-electron chi connectivity index (χ4n) is 2.89. The highest BCUT2D eigenvalue weighted by molar-refractivity contribution is 5.78. The molecular weight excluding hydrogens is 250 g/mol. The largest absolute Gasteiger partial charge is 0.342 e. The number of likely N-dealkylation sites (tertiary alicyclic amines) is 1. The third-order valence-corrected chi connectivity index (χ3v) is 4.01. The molecular formula is C16H25N3O. The van der Waals surface area contributed by atoms with E-state index in [1.807, 2.05) is 11.0 Å². The van der Waals surface area contributed by atoms with Crippen LogP contribution in [0.2, 0.25) is 0 Å². The van der Waals surface area contributed by atoms with Crippen molar-refractivity contribution in [1.82, 2.24) is 9.80 Å². The molecule has 1 aliphatic rings. The van der Waals surface area contributed by atoms with Crippen LogP contribution >= 0.6 is 0 Å². The molecule has 1 fully saturated rings. The van der Waals surface area contributed by atoms with Crippen molar-refractivity contribution in [3.05, 3.63) is 35.9 Å². The standard InChI is InChI=1S/C16H25N3O/c1-18(12-14-5-3-2-4-6-14)13-15-7-9-19(10-8-15)16(20)11-17/h2-6,15H,7-13,17H2,1H3. The maximum absolute atomic E-state index is 11.5. The first-order valence-electron chi connectivity index (χ1n) is 7.39. The second kappa shape index (κ2) is 7.41. The summed E-state index contributed by atoms with van der Waals surface area (Å²) in [6.45, 7) is 3.95. The summed E-state index contributed by atoms with van der Waals surface area (Å²) in [6.07, 6.45) is 2.18. The summed E-state index contributed by atoms with van der Waals surface area (Å²) in [6, 6.07) is 10.5. The smallest absolute Gasteiger partial charge is 0.236 e. The predicted molar refractivity (Wildman–Crippen MR) is 81.1 cm³/mol. The van der Waals surface area contributed by atoms with Crippen molar-refractivity contribution in [2.75, 3.05) is 33.2 Å². The van der Waals surface area contributed by atoms with Crippen LogP contribution in [0.4, 0.5) is 0 Å². The van der Waals surface area contributed by atoms with Gasteiger partial charge >= 0.3 is 0 Å². The normalized spacial score (nSPS) is 16.6. The minimum atomic E-state index is 0.0843. The number of carbonyl (C=O) groups is 1. The van der Waals surface area contributed by atoms with Crippen LogP contribution < -0.4 is 5.73 Å². The van der Waals surface area contributed by atoms with E-state index in [1.54, 1.807) is 0 Å². The van der Waals surface area contributed by atoms with E-state index in [1.165, 1.54) is 5.56 Å². The maximum atomic E-state index is 11.5. The van der Waals surface area contributed by atoms with Crippen LogP contribution in [0.1, 0.15) is 18.4 Å². The number of hydrogen-bond donors (Lipinski definition) is 1. The first-order chi connectivity index (χ1) is 9.69. The van der Waals surface area contributed by atoms with Gasteiger partial charge in [0, 0.05) is 26.2 Å². The molecule has 4 nitrogen and oxygen atoms in total. The quantitative estimate of drug-likeness (QED) is 0.881. The summed E-state index contributed by atoms with van der Waals surface area (Å²) in [7, 11) is 2.17. The molecule has 0 bridgehead atoms. The Hall–Kier alpha value is -1.39. The van der Waals surface area contributed by atoms with Crippen molar-refractivity contribution in [2.24, 2.45) is 11.7 Å². The van der Waals surface area contributed by atoms with E-state index in [-0.39, 0.29) is 12.5 Å². The fraction of sp³-hybridized carbons (Fsp3) is 0.562. The lowest BCUT2D eigenvalue weighted by Gasteiger charge is -2.33. The summed E-state index contributed by atoms with van der Waals surface area (Å²) in [4.78, 5) is 15.8. The minimum Gasteiger partial charge on any atom is -0.342 e. The highest BCUT2D eigenvalue weighted by Gasteiger charge is 2.22. The van der Waals surface area contributed by atoms with Crippen LogP contribution in [-0.2, 0) is 11.3 Å². The van der Waals surface area contributed by atoms with Gasteiger partial charge in [0.1, 0.15) is 0 Å². The molecule has 1 aromatic carbocycles. The van der Waals surface area contributed by atoms with Gasteiger partial charge in [0.2, 0.25) is 5.91 Å². The molecule has 4 heteroatoms. The fourth-order valence-corrected chi connectivity index (χ4v) is 2.89. The Bertz CT molecular complexity index is 413. The topological polar surface area (TPSA) is 49.6 Å². The highest BCUT2D eigenvalue weighted by atomic mass is 16.2. The van der Waals surface area contributed by atoms with Crippen LogP contribution in [0, 0.1) is 5.92 Å². The van der Waals surface area contributed by atoms with E-state index in [0.29, 0.717) is 5.92 Å². The number of amides is 1. The molecule has 0 saturated carbocycles. The second-order valence-electron chi connectivity index (χ2n) is 5.71. The predicted octanol–water partition coefficient (Wildman–Crippen LogP) is 1.32. The van der Waals surface area contributed by atoms with Gasteiger partial charge in [-0.05, 0) is 31.4 Å². The van der Waals surface area contributed by atoms with Gasteiger partial charge in [0.15, 0.2) is 0 Å². The number of nitrogens with zero attached hydrogens (tertiary/aromatic N) is 2. The van der Waals surface area contributed by atoms with Crippen LogP contribution in [-0.4, -0.2) is 48.9 Å². The van der Waals surface area contributed by atoms with Crippen LogP contribution in [0.15, 0.2) is 30.3 Å². The molecule has 1 aromatic rings. The lowest BCUT2D eigenvalue weighted by molar-refractivity contribution is -0.131. The first kappa shape index (κ1) is 15.0. The van der Waals surface area contributed by atoms with E-state index < -0.39 is 0 Å². The van der Waals surface area contributed by atoms with E-state index in [4.69, 9.17) is 5.73 Å². The van der Waals surface area contributed by atoms with E-state index >= 15 is 0 Å². The van der Waals surface area contributed by atoms with E-state index in [9.17, 15) is 4.79 Å². The molecule has 110 valence electrons. The zero-order valence-corrected chi connectivity index (χ0v) is 12.3. The summed E-state index contributed by atoms with van der Waals surface area (Å²) in [5, 5.41) is 0. The molecule has 1 saturated heterocycles. The van der Waals surface area contributed by atoms with Gasteiger partial charge in [-0.25, -0.2) is 0 Å². The number of rotatable bonds is 5. The Labute approximate surface area is 121 Å². The lowest BCUT2D eigenvalue weighted by atomic mass is 9.96. The van der Waals surface area contributed by atoms with Crippen LogP contribution in [0.3, 0.4) is 0 Å². The highest BCUT2D eigenvalue weighted by Crippen LogP contribution is 2.18. The molecule has 0 atom stereocenters. The van der Waals surface area contributed by atoms with Crippen molar-refractivity contribution in [2.45, 2.75) is 19.4 Å². The average molecular weight is 275 g/mol. The molecule has 0 unspecified atom stereocenters. The van der Waals surface area contributed by atoms with Gasteiger partial charge in [-0.3, -0.25) is 4.79 Å². The van der Waals surface area contributed by atoms with E-state index in [0.717, 1.165) is 39.0 Å². The molecule has 2 N–H and O–H groups in total. The number of hydrogen-bond acceptors (Lipinski definition) is 3. The van der Waals surface area contributed by atoms with Gasteiger partial charge in [-0.1, -0.05) is 30.3 Å². The van der Waals surface area contributed by atoms with Crippen molar-refractivity contribution in [1.29, 1.82) is 0 Å².